The molecule has 0 bridgehead atoms. The van der Waals surface area contributed by atoms with Crippen LogP contribution >= 0.6 is 0 Å². The highest BCUT2D eigenvalue weighted by Crippen LogP contribution is 2.43. The highest BCUT2D eigenvalue weighted by molar-refractivity contribution is 7.16. The number of hydrogen-bond acceptors (Lipinski definition) is 0. The molecule has 3 aromatic carbocycles. The summed E-state index contributed by atoms with van der Waals surface area (Å²) >= 11 is 0. The quantitative estimate of drug-likeness (QED) is 0.144. The van der Waals surface area contributed by atoms with Crippen molar-refractivity contribution in [2.45, 2.75) is 118 Å². The Morgan fingerprint density at radius 2 is 1.27 bits per heavy atom. The van der Waals surface area contributed by atoms with Crippen LogP contribution in [0.2, 0.25) is 0 Å². The van der Waals surface area contributed by atoms with Gasteiger partial charge in [-0.05, 0) is 80.4 Å². The lowest BCUT2D eigenvalue weighted by Gasteiger charge is -2.47. The van der Waals surface area contributed by atoms with E-state index in [2.05, 4.69) is 134 Å². The van der Waals surface area contributed by atoms with E-state index < -0.39 is 8.07 Å². The van der Waals surface area contributed by atoms with Crippen molar-refractivity contribution in [2.24, 2.45) is 0 Å². The van der Waals surface area contributed by atoms with E-state index in [0.29, 0.717) is 17.8 Å². The van der Waals surface area contributed by atoms with Crippen LogP contribution in [-0.4, -0.2) is 8.07 Å². The van der Waals surface area contributed by atoms with Gasteiger partial charge in [-0.1, -0.05) is 165 Å². The van der Waals surface area contributed by atoms with Crippen molar-refractivity contribution in [1.82, 2.24) is 0 Å². The first kappa shape index (κ1) is 31.3. The zero-order valence-corrected chi connectivity index (χ0v) is 28.2. The summed E-state index contributed by atoms with van der Waals surface area (Å²) < 4.78 is 0. The molecule has 4 rings (SSSR count). The van der Waals surface area contributed by atoms with Gasteiger partial charge in [0, 0.05) is 0 Å². The van der Waals surface area contributed by atoms with Gasteiger partial charge in [-0.3, -0.25) is 0 Å². The van der Waals surface area contributed by atoms with Gasteiger partial charge in [-0.15, -0.1) is 0 Å². The number of hydrogen-bond donors (Lipinski definition) is 0. The Balaban J connectivity index is 1.99. The molecule has 0 saturated carbocycles. The molecule has 0 fully saturated rings. The predicted octanol–water partition coefficient (Wildman–Crippen LogP) is 10.6. The van der Waals surface area contributed by atoms with Gasteiger partial charge in [0.15, 0.2) is 8.07 Å². The van der Waals surface area contributed by atoms with Gasteiger partial charge >= 0.3 is 0 Å². The fraction of sp³-hybridized carbons (Fsp3) is 0.450. The minimum Gasteiger partial charge on any atom is -0.0674 e. The summed E-state index contributed by atoms with van der Waals surface area (Å²) in [4.78, 5) is 0. The largest absolute Gasteiger partial charge is 0.176 e. The van der Waals surface area contributed by atoms with Gasteiger partial charge in [-0.2, -0.15) is 0 Å². The predicted molar refractivity (Wildman–Crippen MR) is 185 cm³/mol. The molecule has 1 aliphatic heterocycles. The highest BCUT2D eigenvalue weighted by atomic mass is 28.3. The lowest BCUT2D eigenvalue weighted by molar-refractivity contribution is 0.717. The van der Waals surface area contributed by atoms with Crippen LogP contribution in [0.25, 0.3) is 6.08 Å². The lowest BCUT2D eigenvalue weighted by Crippen LogP contribution is -2.67. The summed E-state index contributed by atoms with van der Waals surface area (Å²) in [7, 11) is -2.36. The highest BCUT2D eigenvalue weighted by Gasteiger charge is 2.51. The zero-order valence-electron chi connectivity index (χ0n) is 27.2. The Morgan fingerprint density at radius 3 is 1.80 bits per heavy atom. The number of benzene rings is 3. The normalized spacial score (nSPS) is 17.9. The molecule has 0 nitrogen and oxygen atoms in total. The van der Waals surface area contributed by atoms with E-state index in [4.69, 9.17) is 0 Å². The van der Waals surface area contributed by atoms with Crippen molar-refractivity contribution < 1.29 is 0 Å². The maximum Gasteiger partial charge on any atom is 0.176 e. The fourth-order valence-corrected chi connectivity index (χ4v) is 12.4. The molecule has 1 atom stereocenters. The van der Waals surface area contributed by atoms with Crippen molar-refractivity contribution >= 4 is 24.5 Å². The van der Waals surface area contributed by atoms with Crippen molar-refractivity contribution in [3.63, 3.8) is 0 Å². The average Bonchev–Trinajstić information content (AvgIpc) is 2.96. The second kappa shape index (κ2) is 14.0. The maximum absolute atomic E-state index is 2.59. The van der Waals surface area contributed by atoms with Crippen LogP contribution in [0.3, 0.4) is 0 Å². The number of aryl methyl sites for hydroxylation is 1. The maximum atomic E-state index is 2.59. The van der Waals surface area contributed by atoms with E-state index in [0.717, 1.165) is 0 Å². The van der Waals surface area contributed by atoms with Crippen LogP contribution < -0.4 is 10.4 Å². The third-order valence-corrected chi connectivity index (χ3v) is 14.2. The number of rotatable bonds is 13. The van der Waals surface area contributed by atoms with Crippen molar-refractivity contribution in [3.8, 4) is 0 Å². The molecular formula is C40H54Si. The van der Waals surface area contributed by atoms with Gasteiger partial charge < -0.3 is 0 Å². The van der Waals surface area contributed by atoms with Crippen molar-refractivity contribution in [1.29, 1.82) is 0 Å². The smallest absolute Gasteiger partial charge is 0.0674 e. The van der Waals surface area contributed by atoms with Gasteiger partial charge in [0.2, 0.25) is 0 Å². The SMILES string of the molecule is CCCCCc1ccc(/C=C2/C=C(CCCC)[Si]2(c2ccccc2)c2c(C(C)C)cc(C(C)C)cc2C(C)C)cc1. The summed E-state index contributed by atoms with van der Waals surface area (Å²) in [5, 5.41) is 6.54. The lowest BCUT2D eigenvalue weighted by atomic mass is 9.89. The first-order valence-electron chi connectivity index (χ1n) is 16.5. The topological polar surface area (TPSA) is 0 Å². The zero-order chi connectivity index (χ0) is 29.6. The third kappa shape index (κ3) is 6.56. The average molecular weight is 563 g/mol. The summed E-state index contributed by atoms with van der Waals surface area (Å²) in [6.45, 7) is 19.0. The Kier molecular flexibility index (Phi) is 10.7. The Bertz CT molecular complexity index is 1310. The molecule has 0 aliphatic carbocycles. The fourth-order valence-electron chi connectivity index (χ4n) is 6.71. The van der Waals surface area contributed by atoms with Crippen LogP contribution in [-0.2, 0) is 6.42 Å². The van der Waals surface area contributed by atoms with Gasteiger partial charge in [0.1, 0.15) is 0 Å². The molecule has 0 spiro atoms. The molecule has 3 aromatic rings. The molecule has 1 aliphatic rings. The van der Waals surface area contributed by atoms with Crippen LogP contribution in [0.5, 0.6) is 0 Å². The third-order valence-electron chi connectivity index (χ3n) is 9.13. The van der Waals surface area contributed by atoms with Gasteiger partial charge in [-0.25, -0.2) is 0 Å². The van der Waals surface area contributed by atoms with E-state index in [9.17, 15) is 0 Å². The first-order valence-corrected chi connectivity index (χ1v) is 18.5. The number of unbranched alkanes of at least 4 members (excludes halogenated alkanes) is 3. The molecule has 41 heavy (non-hydrogen) atoms. The molecule has 0 amide bonds. The summed E-state index contributed by atoms with van der Waals surface area (Å²) in [5.74, 6) is 1.48. The number of allylic oxidation sites excluding steroid dienone is 3. The van der Waals surface area contributed by atoms with Gasteiger partial charge in [0.25, 0.3) is 0 Å². The van der Waals surface area contributed by atoms with E-state index in [1.807, 2.05) is 0 Å². The van der Waals surface area contributed by atoms with E-state index in [1.54, 1.807) is 31.9 Å². The van der Waals surface area contributed by atoms with Crippen LogP contribution in [0.1, 0.15) is 139 Å². The Hall–Kier alpha value is -2.64. The summed E-state index contributed by atoms with van der Waals surface area (Å²) in [6.07, 6.45) is 13.9. The van der Waals surface area contributed by atoms with Crippen LogP contribution in [0.15, 0.2) is 83.2 Å². The van der Waals surface area contributed by atoms with Crippen LogP contribution in [0, 0.1) is 0 Å². The van der Waals surface area contributed by atoms with Crippen LogP contribution in [0.4, 0.5) is 0 Å². The standard InChI is InChI=1S/C40H54Si/c1-9-11-14-17-32-21-23-33(24-22-32)25-37-28-36(18-12-10-2)41(37,35-19-15-13-16-20-35)40-38(30(5)6)26-34(29(3)4)27-39(40)31(7)8/h13,15-16,19-31H,9-12,14,17-18H2,1-8H3/b37-25-. The minimum absolute atomic E-state index is 0.478. The second-order valence-electron chi connectivity index (χ2n) is 13.2. The van der Waals surface area contributed by atoms with E-state index >= 15 is 0 Å². The molecule has 1 heteroatoms. The molecule has 218 valence electrons. The second-order valence-corrected chi connectivity index (χ2v) is 17.0. The molecule has 0 saturated heterocycles. The molecule has 0 radical (unpaired) electrons. The summed E-state index contributed by atoms with van der Waals surface area (Å²) in [5.41, 5.74) is 7.45. The molecule has 0 aromatic heterocycles. The molecule has 1 heterocycles. The Labute approximate surface area is 253 Å². The molecular weight excluding hydrogens is 509 g/mol. The van der Waals surface area contributed by atoms with Crippen molar-refractivity contribution in [2.75, 3.05) is 0 Å². The first-order chi connectivity index (χ1) is 19.7. The van der Waals surface area contributed by atoms with Crippen molar-refractivity contribution in [3.05, 3.63) is 111 Å². The monoisotopic (exact) mass is 562 g/mol. The van der Waals surface area contributed by atoms with E-state index in [-0.39, 0.29) is 0 Å². The Morgan fingerprint density at radius 1 is 0.659 bits per heavy atom. The molecule has 1 unspecified atom stereocenters. The molecule has 0 N–H and O–H groups in total. The van der Waals surface area contributed by atoms with Gasteiger partial charge in [0.05, 0.1) is 0 Å². The van der Waals surface area contributed by atoms with E-state index in [1.165, 1.54) is 61.6 Å². The minimum atomic E-state index is -2.36. The summed E-state index contributed by atoms with van der Waals surface area (Å²) in [6, 6.07) is 26.2.